The van der Waals surface area contributed by atoms with Crippen molar-refractivity contribution in [1.82, 2.24) is 10.5 Å². The number of ether oxygens (including phenoxy) is 1. The molecule has 21 heavy (non-hydrogen) atoms. The lowest BCUT2D eigenvalue weighted by molar-refractivity contribution is 0.0877. The number of aromatic nitrogens is 1. The van der Waals surface area contributed by atoms with E-state index in [1.165, 1.54) is 6.07 Å². The van der Waals surface area contributed by atoms with Crippen LogP contribution < -0.4 is 10.1 Å². The van der Waals surface area contributed by atoms with Crippen molar-refractivity contribution in [3.05, 3.63) is 47.7 Å². The Morgan fingerprint density at radius 1 is 1.43 bits per heavy atom. The van der Waals surface area contributed by atoms with E-state index >= 15 is 0 Å². The first kappa shape index (κ1) is 15.1. The molecule has 0 fully saturated rings. The smallest absolute Gasteiger partial charge is 0.290 e. The maximum Gasteiger partial charge on any atom is 0.290 e. The molecule has 0 bridgehead atoms. The number of hydrogen-bond acceptors (Lipinski definition) is 5. The minimum absolute atomic E-state index is 0.0601. The molecule has 2 rings (SSSR count). The number of aliphatic hydroxyl groups is 1. The Morgan fingerprint density at radius 2 is 2.19 bits per heavy atom. The maximum absolute atomic E-state index is 11.8. The summed E-state index contributed by atoms with van der Waals surface area (Å²) in [5.74, 6) is -0.107. The van der Waals surface area contributed by atoms with Crippen molar-refractivity contribution in [2.75, 3.05) is 6.61 Å². The highest BCUT2D eigenvalue weighted by molar-refractivity contribution is 5.91. The molecule has 2 N–H and O–H groups in total. The number of amides is 1. The zero-order valence-corrected chi connectivity index (χ0v) is 11.8. The quantitative estimate of drug-likeness (QED) is 0.811. The van der Waals surface area contributed by atoms with Gasteiger partial charge >= 0.3 is 0 Å². The molecule has 0 aliphatic heterocycles. The average Bonchev–Trinajstić information content (AvgIpc) is 3.00. The highest BCUT2D eigenvalue weighted by Gasteiger charge is 2.16. The van der Waals surface area contributed by atoms with Gasteiger partial charge < -0.3 is 19.7 Å². The van der Waals surface area contributed by atoms with Crippen LogP contribution >= 0.6 is 0 Å². The predicted octanol–water partition coefficient (Wildman–Crippen LogP) is 1.75. The highest BCUT2D eigenvalue weighted by Crippen LogP contribution is 2.13. The molecular weight excluding hydrogens is 272 g/mol. The SMILES string of the molecule is CCC(CO)NC(=O)c1cc(OCc2ccccc2)no1. The summed E-state index contributed by atoms with van der Waals surface area (Å²) in [5, 5.41) is 15.4. The molecule has 1 heterocycles. The number of carbonyl (C=O) groups excluding carboxylic acids is 1. The summed E-state index contributed by atoms with van der Waals surface area (Å²) in [6.07, 6.45) is 0.633. The van der Waals surface area contributed by atoms with E-state index in [0.717, 1.165) is 5.56 Å². The number of carbonyl (C=O) groups is 1. The molecule has 1 aromatic heterocycles. The van der Waals surface area contributed by atoms with Crippen molar-refractivity contribution in [3.8, 4) is 5.88 Å². The Morgan fingerprint density at radius 3 is 2.86 bits per heavy atom. The second-order valence-electron chi connectivity index (χ2n) is 4.56. The molecule has 0 aliphatic carbocycles. The lowest BCUT2D eigenvalue weighted by atomic mass is 10.2. The zero-order valence-electron chi connectivity index (χ0n) is 11.8. The Hall–Kier alpha value is -2.34. The fourth-order valence-electron chi connectivity index (χ4n) is 1.70. The molecule has 112 valence electrons. The van der Waals surface area contributed by atoms with Crippen LogP contribution in [-0.4, -0.2) is 28.8 Å². The summed E-state index contributed by atoms with van der Waals surface area (Å²) in [6, 6.07) is 10.8. The molecule has 0 radical (unpaired) electrons. The summed E-state index contributed by atoms with van der Waals surface area (Å²) in [7, 11) is 0. The van der Waals surface area contributed by atoms with Gasteiger partial charge in [-0.05, 0) is 17.1 Å². The van der Waals surface area contributed by atoms with E-state index in [0.29, 0.717) is 13.0 Å². The van der Waals surface area contributed by atoms with Crippen molar-refractivity contribution in [1.29, 1.82) is 0 Å². The van der Waals surface area contributed by atoms with E-state index < -0.39 is 5.91 Å². The van der Waals surface area contributed by atoms with Crippen molar-refractivity contribution in [2.45, 2.75) is 26.0 Å². The van der Waals surface area contributed by atoms with E-state index in [-0.39, 0.29) is 24.3 Å². The summed E-state index contributed by atoms with van der Waals surface area (Å²) < 4.78 is 10.4. The molecule has 6 nitrogen and oxygen atoms in total. The first-order valence-corrected chi connectivity index (χ1v) is 6.78. The topological polar surface area (TPSA) is 84.6 Å². The Kier molecular flexibility index (Phi) is 5.34. The largest absolute Gasteiger partial charge is 0.471 e. The molecule has 0 aliphatic rings. The van der Waals surface area contributed by atoms with Crippen LogP contribution in [-0.2, 0) is 6.61 Å². The Balaban J connectivity index is 1.90. The Labute approximate surface area is 122 Å². The van der Waals surface area contributed by atoms with Crippen LogP contribution in [0.15, 0.2) is 40.9 Å². The van der Waals surface area contributed by atoms with Gasteiger partial charge in [0.15, 0.2) is 0 Å². The van der Waals surface area contributed by atoms with Gasteiger partial charge in [0.05, 0.1) is 18.7 Å². The number of benzene rings is 1. The van der Waals surface area contributed by atoms with Crippen LogP contribution in [0, 0.1) is 0 Å². The monoisotopic (exact) mass is 290 g/mol. The van der Waals surface area contributed by atoms with Crippen LogP contribution in [0.3, 0.4) is 0 Å². The summed E-state index contributed by atoms with van der Waals surface area (Å²) in [6.45, 7) is 2.10. The van der Waals surface area contributed by atoms with Crippen molar-refractivity contribution < 1.29 is 19.2 Å². The third-order valence-corrected chi connectivity index (χ3v) is 2.99. The van der Waals surface area contributed by atoms with Crippen molar-refractivity contribution in [3.63, 3.8) is 0 Å². The third kappa shape index (κ3) is 4.32. The van der Waals surface area contributed by atoms with Gasteiger partial charge in [0.2, 0.25) is 5.76 Å². The predicted molar refractivity (Wildman–Crippen MR) is 75.9 cm³/mol. The summed E-state index contributed by atoms with van der Waals surface area (Å²) >= 11 is 0. The molecular formula is C15H18N2O4. The second-order valence-corrected chi connectivity index (χ2v) is 4.56. The first-order chi connectivity index (χ1) is 10.2. The van der Waals surface area contributed by atoms with Crippen molar-refractivity contribution in [2.24, 2.45) is 0 Å². The number of hydrogen-bond donors (Lipinski definition) is 2. The van der Waals surface area contributed by atoms with Gasteiger partial charge in [0, 0.05) is 0 Å². The second kappa shape index (κ2) is 7.44. The molecule has 0 saturated carbocycles. The fourth-order valence-corrected chi connectivity index (χ4v) is 1.70. The van der Waals surface area contributed by atoms with Gasteiger partial charge in [-0.25, -0.2) is 0 Å². The van der Waals surface area contributed by atoms with E-state index in [1.54, 1.807) is 0 Å². The summed E-state index contributed by atoms with van der Waals surface area (Å²) in [4.78, 5) is 11.8. The highest BCUT2D eigenvalue weighted by atomic mass is 16.5. The van der Waals surface area contributed by atoms with Gasteiger partial charge in [-0.15, -0.1) is 0 Å². The van der Waals surface area contributed by atoms with E-state index in [4.69, 9.17) is 14.4 Å². The molecule has 1 unspecified atom stereocenters. The molecule has 2 aromatic rings. The molecule has 0 spiro atoms. The molecule has 1 aromatic carbocycles. The number of aliphatic hydroxyl groups excluding tert-OH is 1. The van der Waals surface area contributed by atoms with Crippen LogP contribution in [0.1, 0.15) is 29.5 Å². The standard InChI is InChI=1S/C15H18N2O4/c1-2-12(9-18)16-15(19)13-8-14(17-21-13)20-10-11-6-4-3-5-7-11/h3-8,12,18H,2,9-10H2,1H3,(H,16,19). The fraction of sp³-hybridized carbons (Fsp3) is 0.333. The van der Waals surface area contributed by atoms with E-state index in [2.05, 4.69) is 10.5 Å². The van der Waals surface area contributed by atoms with Crippen molar-refractivity contribution >= 4 is 5.91 Å². The number of nitrogens with one attached hydrogen (secondary N) is 1. The average molecular weight is 290 g/mol. The molecule has 6 heteroatoms. The summed E-state index contributed by atoms with van der Waals surface area (Å²) in [5.41, 5.74) is 0.998. The normalized spacial score (nSPS) is 11.9. The van der Waals surface area contributed by atoms with Crippen LogP contribution in [0.25, 0.3) is 0 Å². The van der Waals surface area contributed by atoms with Gasteiger partial charge in [0.25, 0.3) is 11.8 Å². The lowest BCUT2D eigenvalue weighted by Gasteiger charge is -2.11. The number of rotatable bonds is 7. The van der Waals surface area contributed by atoms with Crippen LogP contribution in [0.2, 0.25) is 0 Å². The number of nitrogens with zero attached hydrogens (tertiary/aromatic N) is 1. The first-order valence-electron chi connectivity index (χ1n) is 6.78. The zero-order chi connectivity index (χ0) is 15.1. The third-order valence-electron chi connectivity index (χ3n) is 2.99. The van der Waals surface area contributed by atoms with Crippen LogP contribution in [0.4, 0.5) is 0 Å². The molecule has 0 saturated heterocycles. The Bertz CT molecular complexity index is 564. The van der Waals surface area contributed by atoms with Gasteiger partial charge in [-0.2, -0.15) is 0 Å². The minimum Gasteiger partial charge on any atom is -0.471 e. The van der Waals surface area contributed by atoms with E-state index in [9.17, 15) is 4.79 Å². The van der Waals surface area contributed by atoms with Gasteiger partial charge in [0.1, 0.15) is 6.61 Å². The van der Waals surface area contributed by atoms with Gasteiger partial charge in [-0.3, -0.25) is 4.79 Å². The lowest BCUT2D eigenvalue weighted by Crippen LogP contribution is -2.36. The molecule has 1 atom stereocenters. The van der Waals surface area contributed by atoms with Crippen LogP contribution in [0.5, 0.6) is 5.88 Å². The maximum atomic E-state index is 11.8. The molecule has 1 amide bonds. The minimum atomic E-state index is -0.419. The van der Waals surface area contributed by atoms with E-state index in [1.807, 2.05) is 37.3 Å². The van der Waals surface area contributed by atoms with Gasteiger partial charge in [-0.1, -0.05) is 37.3 Å².